The van der Waals surface area contributed by atoms with Crippen LogP contribution in [0.5, 0.6) is 0 Å². The molecule has 0 unspecified atom stereocenters. The Morgan fingerprint density at radius 2 is 2.16 bits per heavy atom. The largest absolute Gasteiger partial charge is 0.464 e. The summed E-state index contributed by atoms with van der Waals surface area (Å²) in [6.45, 7) is 8.42. The molecule has 0 radical (unpaired) electrons. The van der Waals surface area contributed by atoms with Crippen molar-refractivity contribution in [1.29, 1.82) is 0 Å². The molecule has 0 spiro atoms. The van der Waals surface area contributed by atoms with Crippen molar-refractivity contribution in [3.63, 3.8) is 0 Å². The highest BCUT2D eigenvalue weighted by atomic mass is 16.3. The summed E-state index contributed by atoms with van der Waals surface area (Å²) in [5, 5.41) is 10.8. The summed E-state index contributed by atoms with van der Waals surface area (Å²) in [5.41, 5.74) is 2.20. The van der Waals surface area contributed by atoms with E-state index in [1.165, 1.54) is 0 Å². The number of nitrogens with one attached hydrogen (secondary N) is 2. The van der Waals surface area contributed by atoms with E-state index in [0.29, 0.717) is 6.04 Å². The third-order valence-corrected chi connectivity index (χ3v) is 3.27. The van der Waals surface area contributed by atoms with E-state index in [9.17, 15) is 0 Å². The van der Waals surface area contributed by atoms with Crippen LogP contribution in [0.1, 0.15) is 49.7 Å². The molecule has 104 valence electrons. The Hall–Kier alpha value is -1.55. The van der Waals surface area contributed by atoms with Crippen molar-refractivity contribution in [3.8, 4) is 0 Å². The molecule has 0 aliphatic carbocycles. The van der Waals surface area contributed by atoms with Crippen LogP contribution < -0.4 is 5.32 Å². The fraction of sp³-hybridized carbons (Fsp3) is 0.533. The van der Waals surface area contributed by atoms with Crippen molar-refractivity contribution < 1.29 is 4.42 Å². The van der Waals surface area contributed by atoms with Crippen LogP contribution in [0, 0.1) is 6.92 Å². The fourth-order valence-electron chi connectivity index (χ4n) is 2.28. The summed E-state index contributed by atoms with van der Waals surface area (Å²) >= 11 is 0. The number of rotatable bonds is 6. The molecule has 0 saturated heterocycles. The van der Waals surface area contributed by atoms with Crippen molar-refractivity contribution in [1.82, 2.24) is 15.5 Å². The number of furan rings is 1. The second kappa shape index (κ2) is 6.06. The van der Waals surface area contributed by atoms with Gasteiger partial charge in [-0.25, -0.2) is 0 Å². The van der Waals surface area contributed by atoms with E-state index in [0.717, 1.165) is 35.7 Å². The molecule has 0 aliphatic heterocycles. The van der Waals surface area contributed by atoms with Gasteiger partial charge in [0, 0.05) is 24.6 Å². The first kappa shape index (κ1) is 13.9. The Morgan fingerprint density at radius 1 is 1.37 bits per heavy atom. The summed E-state index contributed by atoms with van der Waals surface area (Å²) in [6.07, 6.45) is 1.85. The third kappa shape index (κ3) is 3.70. The van der Waals surface area contributed by atoms with Crippen LogP contribution in [-0.2, 0) is 12.8 Å². The number of hydrogen-bond donors (Lipinski definition) is 2. The number of aromatic nitrogens is 2. The van der Waals surface area contributed by atoms with Crippen molar-refractivity contribution in [2.24, 2.45) is 0 Å². The highest BCUT2D eigenvalue weighted by molar-refractivity contribution is 5.11. The predicted molar refractivity (Wildman–Crippen MR) is 76.1 cm³/mol. The van der Waals surface area contributed by atoms with Gasteiger partial charge < -0.3 is 9.73 Å². The fourth-order valence-corrected chi connectivity index (χ4v) is 2.28. The molecule has 19 heavy (non-hydrogen) atoms. The molecular weight excluding hydrogens is 238 g/mol. The molecule has 0 aliphatic rings. The van der Waals surface area contributed by atoms with Gasteiger partial charge in [0.05, 0.1) is 11.7 Å². The lowest BCUT2D eigenvalue weighted by atomic mass is 10.1. The maximum Gasteiger partial charge on any atom is 0.120 e. The SMILES string of the molecule is CCc1ccc([C@@H](C)N[C@@H](C)Cc2cc(C)[nH]n2)o1. The van der Waals surface area contributed by atoms with Crippen LogP contribution in [0.4, 0.5) is 0 Å². The van der Waals surface area contributed by atoms with E-state index in [2.05, 4.69) is 54.5 Å². The minimum absolute atomic E-state index is 0.218. The molecule has 0 amide bonds. The Balaban J connectivity index is 1.89. The van der Waals surface area contributed by atoms with Gasteiger partial charge in [-0.3, -0.25) is 5.10 Å². The number of hydrogen-bond acceptors (Lipinski definition) is 3. The lowest BCUT2D eigenvalue weighted by Gasteiger charge is -2.17. The van der Waals surface area contributed by atoms with Gasteiger partial charge >= 0.3 is 0 Å². The molecule has 0 bridgehead atoms. The minimum atomic E-state index is 0.218. The van der Waals surface area contributed by atoms with Crippen LogP contribution in [0.15, 0.2) is 22.6 Å². The van der Waals surface area contributed by atoms with Gasteiger partial charge in [-0.15, -0.1) is 0 Å². The predicted octanol–water partition coefficient (Wildman–Crippen LogP) is 3.16. The Kier molecular flexibility index (Phi) is 4.43. The number of nitrogens with zero attached hydrogens (tertiary/aromatic N) is 1. The second-order valence-electron chi connectivity index (χ2n) is 5.19. The van der Waals surface area contributed by atoms with Gasteiger partial charge in [0.2, 0.25) is 0 Å². The van der Waals surface area contributed by atoms with E-state index in [-0.39, 0.29) is 6.04 Å². The quantitative estimate of drug-likeness (QED) is 0.840. The van der Waals surface area contributed by atoms with Crippen molar-refractivity contribution >= 4 is 0 Å². The monoisotopic (exact) mass is 261 g/mol. The maximum absolute atomic E-state index is 5.77. The summed E-state index contributed by atoms with van der Waals surface area (Å²) in [4.78, 5) is 0. The number of H-pyrrole nitrogens is 1. The average Bonchev–Trinajstić information content (AvgIpc) is 2.98. The summed E-state index contributed by atoms with van der Waals surface area (Å²) in [6, 6.07) is 6.77. The zero-order chi connectivity index (χ0) is 13.8. The van der Waals surface area contributed by atoms with Crippen LogP contribution in [0.2, 0.25) is 0 Å². The zero-order valence-corrected chi connectivity index (χ0v) is 12.2. The van der Waals surface area contributed by atoms with Crippen LogP contribution in [-0.4, -0.2) is 16.2 Å². The summed E-state index contributed by atoms with van der Waals surface area (Å²) in [7, 11) is 0. The number of aryl methyl sites for hydroxylation is 2. The molecule has 2 rings (SSSR count). The molecule has 2 heterocycles. The first-order valence-corrected chi connectivity index (χ1v) is 6.94. The lowest BCUT2D eigenvalue weighted by Crippen LogP contribution is -2.30. The van der Waals surface area contributed by atoms with Gasteiger partial charge in [0.25, 0.3) is 0 Å². The molecule has 0 aromatic carbocycles. The Bertz CT molecular complexity index is 515. The van der Waals surface area contributed by atoms with E-state index < -0.39 is 0 Å². The Labute approximate surface area is 114 Å². The molecule has 4 nitrogen and oxygen atoms in total. The normalized spacial score (nSPS) is 14.5. The molecule has 0 saturated carbocycles. The molecule has 2 aromatic heterocycles. The third-order valence-electron chi connectivity index (χ3n) is 3.27. The first-order valence-electron chi connectivity index (χ1n) is 6.94. The van der Waals surface area contributed by atoms with Gasteiger partial charge in [0.15, 0.2) is 0 Å². The lowest BCUT2D eigenvalue weighted by molar-refractivity contribution is 0.381. The van der Waals surface area contributed by atoms with E-state index in [1.54, 1.807) is 0 Å². The second-order valence-corrected chi connectivity index (χ2v) is 5.19. The first-order chi connectivity index (χ1) is 9.08. The van der Waals surface area contributed by atoms with Crippen molar-refractivity contribution in [3.05, 3.63) is 41.1 Å². The molecule has 2 atom stereocenters. The zero-order valence-electron chi connectivity index (χ0n) is 12.2. The van der Waals surface area contributed by atoms with Crippen molar-refractivity contribution in [2.75, 3.05) is 0 Å². The van der Waals surface area contributed by atoms with Crippen LogP contribution >= 0.6 is 0 Å². The Morgan fingerprint density at radius 3 is 2.74 bits per heavy atom. The summed E-state index contributed by atoms with van der Waals surface area (Å²) in [5.74, 6) is 2.04. The minimum Gasteiger partial charge on any atom is -0.464 e. The average molecular weight is 261 g/mol. The molecular formula is C15H23N3O. The smallest absolute Gasteiger partial charge is 0.120 e. The van der Waals surface area contributed by atoms with E-state index >= 15 is 0 Å². The van der Waals surface area contributed by atoms with E-state index in [1.807, 2.05) is 6.92 Å². The highest BCUT2D eigenvalue weighted by Gasteiger charge is 2.14. The van der Waals surface area contributed by atoms with Crippen LogP contribution in [0.3, 0.4) is 0 Å². The molecule has 2 aromatic rings. The van der Waals surface area contributed by atoms with Gasteiger partial charge in [-0.05, 0) is 39.0 Å². The topological polar surface area (TPSA) is 53.9 Å². The van der Waals surface area contributed by atoms with E-state index in [4.69, 9.17) is 4.42 Å². The van der Waals surface area contributed by atoms with Gasteiger partial charge in [0.1, 0.15) is 11.5 Å². The van der Waals surface area contributed by atoms with Crippen molar-refractivity contribution in [2.45, 2.75) is 52.6 Å². The highest BCUT2D eigenvalue weighted by Crippen LogP contribution is 2.17. The molecule has 4 heteroatoms. The summed E-state index contributed by atoms with van der Waals surface area (Å²) < 4.78 is 5.77. The van der Waals surface area contributed by atoms with Crippen LogP contribution in [0.25, 0.3) is 0 Å². The molecule has 0 fully saturated rings. The van der Waals surface area contributed by atoms with Gasteiger partial charge in [-0.1, -0.05) is 6.92 Å². The number of aromatic amines is 1. The maximum atomic E-state index is 5.77. The van der Waals surface area contributed by atoms with Gasteiger partial charge in [-0.2, -0.15) is 5.10 Å². The standard InChI is InChI=1S/C15H23N3O/c1-5-14-6-7-15(19-14)12(4)16-10(2)8-13-9-11(3)17-18-13/h6-7,9-10,12,16H,5,8H2,1-4H3,(H,17,18)/t10-,12+/m0/s1. The molecule has 2 N–H and O–H groups in total.